The third-order valence-corrected chi connectivity index (χ3v) is 2.46. The lowest BCUT2D eigenvalue weighted by Crippen LogP contribution is -2.53. The molecule has 0 aromatic carbocycles. The third kappa shape index (κ3) is 5.68. The summed E-state index contributed by atoms with van der Waals surface area (Å²) in [6, 6.07) is -1.58. The highest BCUT2D eigenvalue weighted by Gasteiger charge is 2.33. The van der Waals surface area contributed by atoms with Crippen LogP contribution in [0.1, 0.15) is 41.0 Å². The first kappa shape index (κ1) is 15.9. The smallest absolute Gasteiger partial charge is 0.326 e. The molecule has 0 saturated heterocycles. The predicted octanol–water partition coefficient (Wildman–Crippen LogP) is 0.975. The molecule has 0 rings (SSSR count). The molecule has 17 heavy (non-hydrogen) atoms. The maximum Gasteiger partial charge on any atom is 0.326 e. The molecule has 0 aromatic heterocycles. The van der Waals surface area contributed by atoms with E-state index in [2.05, 4.69) is 5.32 Å². The van der Waals surface area contributed by atoms with Gasteiger partial charge in [-0.3, -0.25) is 4.79 Å². The minimum atomic E-state index is -1.04. The number of carboxylic acids is 1. The maximum atomic E-state index is 11.7. The Morgan fingerprint density at radius 3 is 2.06 bits per heavy atom. The van der Waals surface area contributed by atoms with Crippen LogP contribution >= 0.6 is 0 Å². The molecule has 0 heterocycles. The fourth-order valence-corrected chi connectivity index (χ4v) is 1.51. The van der Waals surface area contributed by atoms with Crippen LogP contribution in [0, 0.1) is 11.3 Å². The van der Waals surface area contributed by atoms with Gasteiger partial charge in [-0.1, -0.05) is 34.6 Å². The maximum absolute atomic E-state index is 11.7. The molecule has 0 aliphatic rings. The highest BCUT2D eigenvalue weighted by atomic mass is 16.4. The Balaban J connectivity index is 4.58. The SMILES string of the molecule is CC(C)C[C@@H](N)C(=O)NC(C(=O)O)C(C)(C)C. The van der Waals surface area contributed by atoms with E-state index in [4.69, 9.17) is 10.8 Å². The molecule has 1 unspecified atom stereocenters. The number of carboxylic acid groups (broad SMARTS) is 1. The van der Waals surface area contributed by atoms with Crippen LogP contribution in [-0.4, -0.2) is 29.1 Å². The molecule has 0 spiro atoms. The number of amides is 1. The van der Waals surface area contributed by atoms with Gasteiger partial charge in [0.15, 0.2) is 0 Å². The number of carbonyl (C=O) groups is 2. The second-order valence-electron chi connectivity index (χ2n) is 5.88. The lowest BCUT2D eigenvalue weighted by molar-refractivity contribution is -0.145. The molecule has 0 aliphatic heterocycles. The molecular formula is C12H24N2O3. The lowest BCUT2D eigenvalue weighted by atomic mass is 9.86. The zero-order valence-electron chi connectivity index (χ0n) is 11.3. The number of hydrogen-bond donors (Lipinski definition) is 3. The number of aliphatic carboxylic acids is 1. The number of rotatable bonds is 5. The van der Waals surface area contributed by atoms with E-state index < -0.39 is 29.4 Å². The average molecular weight is 244 g/mol. The average Bonchev–Trinajstić information content (AvgIpc) is 2.09. The van der Waals surface area contributed by atoms with Crippen molar-refractivity contribution >= 4 is 11.9 Å². The van der Waals surface area contributed by atoms with Gasteiger partial charge in [0.2, 0.25) is 5.91 Å². The molecule has 0 aromatic rings. The summed E-state index contributed by atoms with van der Waals surface area (Å²) in [5, 5.41) is 11.6. The number of nitrogens with two attached hydrogens (primary N) is 1. The first-order valence-corrected chi connectivity index (χ1v) is 5.84. The van der Waals surface area contributed by atoms with E-state index in [-0.39, 0.29) is 0 Å². The van der Waals surface area contributed by atoms with Gasteiger partial charge in [0.05, 0.1) is 6.04 Å². The second kappa shape index (κ2) is 6.00. The van der Waals surface area contributed by atoms with Crippen molar-refractivity contribution < 1.29 is 14.7 Å². The summed E-state index contributed by atoms with van der Waals surface area (Å²) < 4.78 is 0. The van der Waals surface area contributed by atoms with Crippen molar-refractivity contribution in [3.63, 3.8) is 0 Å². The zero-order valence-corrected chi connectivity index (χ0v) is 11.3. The zero-order chi connectivity index (χ0) is 13.8. The fraction of sp³-hybridized carbons (Fsp3) is 0.833. The van der Waals surface area contributed by atoms with E-state index in [0.29, 0.717) is 12.3 Å². The molecular weight excluding hydrogens is 220 g/mol. The van der Waals surface area contributed by atoms with Gasteiger partial charge in [-0.25, -0.2) is 4.79 Å². The topological polar surface area (TPSA) is 92.4 Å². The molecule has 1 amide bonds. The van der Waals surface area contributed by atoms with Crippen molar-refractivity contribution in [3.05, 3.63) is 0 Å². The standard InChI is InChI=1S/C12H24N2O3/c1-7(2)6-8(13)10(15)14-9(11(16)17)12(3,4)5/h7-9H,6,13H2,1-5H3,(H,14,15)(H,16,17)/t8-,9?/m1/s1. The van der Waals surface area contributed by atoms with Gasteiger partial charge < -0.3 is 16.2 Å². The van der Waals surface area contributed by atoms with E-state index in [1.54, 1.807) is 20.8 Å². The Morgan fingerprint density at radius 2 is 1.76 bits per heavy atom. The summed E-state index contributed by atoms with van der Waals surface area (Å²) >= 11 is 0. The normalized spacial score (nSPS) is 15.5. The molecule has 100 valence electrons. The molecule has 5 nitrogen and oxygen atoms in total. The Labute approximate surface area is 103 Å². The highest BCUT2D eigenvalue weighted by molar-refractivity contribution is 5.87. The van der Waals surface area contributed by atoms with Gasteiger partial charge in [-0.05, 0) is 17.8 Å². The quantitative estimate of drug-likeness (QED) is 0.672. The Kier molecular flexibility index (Phi) is 5.61. The first-order valence-electron chi connectivity index (χ1n) is 5.84. The van der Waals surface area contributed by atoms with Gasteiger partial charge >= 0.3 is 5.97 Å². The van der Waals surface area contributed by atoms with Gasteiger partial charge in [-0.15, -0.1) is 0 Å². The summed E-state index contributed by atoms with van der Waals surface area (Å²) in [5.74, 6) is -1.14. The van der Waals surface area contributed by atoms with Crippen LogP contribution in [-0.2, 0) is 9.59 Å². The van der Waals surface area contributed by atoms with E-state index in [1.165, 1.54) is 0 Å². The van der Waals surface area contributed by atoms with E-state index >= 15 is 0 Å². The second-order valence-corrected chi connectivity index (χ2v) is 5.88. The Hall–Kier alpha value is -1.10. The van der Waals surface area contributed by atoms with Crippen LogP contribution in [0.3, 0.4) is 0 Å². The number of nitrogens with one attached hydrogen (secondary N) is 1. The minimum Gasteiger partial charge on any atom is -0.480 e. The van der Waals surface area contributed by atoms with Crippen LogP contribution in [0.5, 0.6) is 0 Å². The Morgan fingerprint density at radius 1 is 1.29 bits per heavy atom. The number of carbonyl (C=O) groups excluding carboxylic acids is 1. The molecule has 4 N–H and O–H groups in total. The molecule has 0 radical (unpaired) electrons. The largest absolute Gasteiger partial charge is 0.480 e. The summed E-state index contributed by atoms with van der Waals surface area (Å²) in [4.78, 5) is 22.8. The first-order chi connectivity index (χ1) is 7.55. The van der Waals surface area contributed by atoms with Gasteiger partial charge in [-0.2, -0.15) is 0 Å². The van der Waals surface area contributed by atoms with Crippen molar-refractivity contribution in [2.45, 2.75) is 53.1 Å². The van der Waals surface area contributed by atoms with Gasteiger partial charge in [0.25, 0.3) is 0 Å². The van der Waals surface area contributed by atoms with Crippen molar-refractivity contribution in [2.75, 3.05) is 0 Å². The van der Waals surface area contributed by atoms with Gasteiger partial charge in [0.1, 0.15) is 6.04 Å². The fourth-order valence-electron chi connectivity index (χ4n) is 1.51. The van der Waals surface area contributed by atoms with Gasteiger partial charge in [0, 0.05) is 0 Å². The van der Waals surface area contributed by atoms with Crippen molar-refractivity contribution in [1.29, 1.82) is 0 Å². The highest BCUT2D eigenvalue weighted by Crippen LogP contribution is 2.19. The van der Waals surface area contributed by atoms with Crippen molar-refractivity contribution in [2.24, 2.45) is 17.1 Å². The molecule has 0 fully saturated rings. The molecule has 0 aliphatic carbocycles. The summed E-state index contributed by atoms with van der Waals surface area (Å²) in [7, 11) is 0. The molecule has 0 saturated carbocycles. The monoisotopic (exact) mass is 244 g/mol. The van der Waals surface area contributed by atoms with Crippen molar-refractivity contribution in [1.82, 2.24) is 5.32 Å². The molecule has 0 bridgehead atoms. The number of hydrogen-bond acceptors (Lipinski definition) is 3. The molecule has 2 atom stereocenters. The van der Waals surface area contributed by atoms with E-state index in [9.17, 15) is 9.59 Å². The van der Waals surface area contributed by atoms with E-state index in [1.807, 2.05) is 13.8 Å². The summed E-state index contributed by atoms with van der Waals surface area (Å²) in [6.07, 6.45) is 0.544. The predicted molar refractivity (Wildman–Crippen MR) is 66.5 cm³/mol. The van der Waals surface area contributed by atoms with Crippen LogP contribution in [0.4, 0.5) is 0 Å². The van der Waals surface area contributed by atoms with Crippen molar-refractivity contribution in [3.8, 4) is 0 Å². The molecule has 5 heteroatoms. The summed E-state index contributed by atoms with van der Waals surface area (Å²) in [6.45, 7) is 9.22. The lowest BCUT2D eigenvalue weighted by Gasteiger charge is -2.29. The Bertz CT molecular complexity index is 282. The van der Waals surface area contributed by atoms with Crippen LogP contribution in [0.2, 0.25) is 0 Å². The summed E-state index contributed by atoms with van der Waals surface area (Å²) in [5.41, 5.74) is 5.16. The van der Waals surface area contributed by atoms with Crippen LogP contribution in [0.15, 0.2) is 0 Å². The van der Waals surface area contributed by atoms with E-state index in [0.717, 1.165) is 0 Å². The van der Waals surface area contributed by atoms with Crippen LogP contribution < -0.4 is 11.1 Å². The van der Waals surface area contributed by atoms with Crippen LogP contribution in [0.25, 0.3) is 0 Å². The minimum absolute atomic E-state index is 0.300. The third-order valence-electron chi connectivity index (χ3n) is 2.46.